The van der Waals surface area contributed by atoms with Crippen LogP contribution in [0.1, 0.15) is 10.4 Å². The van der Waals surface area contributed by atoms with Crippen LogP contribution in [0.25, 0.3) is 0 Å². The number of hydrogen-bond donors (Lipinski definition) is 2. The van der Waals surface area contributed by atoms with Crippen molar-refractivity contribution in [3.05, 3.63) is 23.8 Å². The van der Waals surface area contributed by atoms with E-state index >= 15 is 0 Å². The van der Waals surface area contributed by atoms with Crippen molar-refractivity contribution in [2.75, 3.05) is 6.26 Å². The molecule has 106 valence electrons. The summed E-state index contributed by atoms with van der Waals surface area (Å²) in [5.41, 5.74) is -1.33. The lowest BCUT2D eigenvalue weighted by Gasteiger charge is -2.10. The minimum Gasteiger partial charge on any atom is -0.507 e. The Bertz CT molecular complexity index is 594. The summed E-state index contributed by atoms with van der Waals surface area (Å²) >= 11 is 0.965. The Labute approximate surface area is 116 Å². The Morgan fingerprint density at radius 3 is 2.65 bits per heavy atom. The van der Waals surface area contributed by atoms with E-state index < -0.39 is 23.3 Å². The van der Waals surface area contributed by atoms with Gasteiger partial charge in [0, 0.05) is 0 Å². The second kappa shape index (κ2) is 6.29. The van der Waals surface area contributed by atoms with Crippen LogP contribution in [0, 0.1) is 11.5 Å². The van der Waals surface area contributed by atoms with E-state index in [-0.39, 0.29) is 10.9 Å². The van der Waals surface area contributed by atoms with Crippen LogP contribution in [-0.4, -0.2) is 28.5 Å². The summed E-state index contributed by atoms with van der Waals surface area (Å²) in [7, 11) is 0. The first kappa shape index (κ1) is 15.8. The highest BCUT2D eigenvalue weighted by atomic mass is 32.2. The number of amidine groups is 1. The predicted molar refractivity (Wildman–Crippen MR) is 67.9 cm³/mol. The number of nitriles is 1. The summed E-state index contributed by atoms with van der Waals surface area (Å²) in [6.45, 7) is 0. The molecule has 2 N–H and O–H groups in total. The number of benzene rings is 1. The molecule has 0 fully saturated rings. The zero-order valence-corrected chi connectivity index (χ0v) is 10.8. The van der Waals surface area contributed by atoms with Crippen LogP contribution in [0.5, 0.6) is 5.75 Å². The maximum absolute atomic E-state index is 12.5. The van der Waals surface area contributed by atoms with Gasteiger partial charge < -0.3 is 5.11 Å². The average Bonchev–Trinajstić information content (AvgIpc) is 2.36. The molecular formula is C11H8F3N3O2S. The number of rotatable bonds is 2. The molecule has 9 heteroatoms. The monoisotopic (exact) mass is 303 g/mol. The van der Waals surface area contributed by atoms with Crippen LogP contribution in [0.4, 0.5) is 18.9 Å². The number of nitrogens with zero attached hydrogens (tertiary/aromatic N) is 2. The zero-order valence-electron chi connectivity index (χ0n) is 10.0. The fraction of sp³-hybridized carbons (Fsp3) is 0.182. The smallest absolute Gasteiger partial charge is 0.455 e. The van der Waals surface area contributed by atoms with Crippen molar-refractivity contribution < 1.29 is 23.1 Å². The molecule has 0 unspecified atom stereocenters. The van der Waals surface area contributed by atoms with Gasteiger partial charge in [-0.15, -0.1) is 0 Å². The molecule has 20 heavy (non-hydrogen) atoms. The van der Waals surface area contributed by atoms with E-state index in [1.54, 1.807) is 6.19 Å². The van der Waals surface area contributed by atoms with E-state index in [2.05, 4.69) is 10.3 Å². The van der Waals surface area contributed by atoms with E-state index in [0.717, 1.165) is 23.9 Å². The Kier molecular flexibility index (Phi) is 4.99. The highest BCUT2D eigenvalue weighted by Crippen LogP contribution is 2.34. The number of carbonyl (C=O) groups excluding carboxylic acids is 1. The number of alkyl halides is 3. The standard InChI is InChI=1S/C11H8F3N3O2S/c1-20-10(16-5-15)17-6-3-2-4-7(18)8(6)9(19)11(12,13)14/h2-4,18H,1H3,(H,16,17). The van der Waals surface area contributed by atoms with E-state index in [1.165, 1.54) is 12.3 Å². The van der Waals surface area contributed by atoms with Gasteiger partial charge in [-0.25, -0.2) is 4.99 Å². The fourth-order valence-corrected chi connectivity index (χ4v) is 1.62. The molecule has 0 heterocycles. The van der Waals surface area contributed by atoms with Gasteiger partial charge in [0.2, 0.25) is 0 Å². The summed E-state index contributed by atoms with van der Waals surface area (Å²) in [6.07, 6.45) is -2.03. The number of hydrogen-bond acceptors (Lipinski definition) is 5. The van der Waals surface area contributed by atoms with Gasteiger partial charge in [-0.3, -0.25) is 10.1 Å². The normalized spacial score (nSPS) is 11.8. The van der Waals surface area contributed by atoms with E-state index in [9.17, 15) is 23.1 Å². The van der Waals surface area contributed by atoms with Gasteiger partial charge in [-0.05, 0) is 18.4 Å². The molecule has 0 bridgehead atoms. The van der Waals surface area contributed by atoms with Gasteiger partial charge in [-0.1, -0.05) is 17.8 Å². The number of phenolic OH excluding ortho intramolecular Hbond substituents is 1. The van der Waals surface area contributed by atoms with Crippen LogP contribution < -0.4 is 5.32 Å². The number of ketones is 1. The number of Topliss-reactive ketones (excluding diaryl/α,β-unsaturated/α-hetero) is 1. The molecule has 0 aliphatic carbocycles. The third-order valence-corrected chi connectivity index (χ3v) is 2.66. The van der Waals surface area contributed by atoms with Crippen molar-refractivity contribution in [3.8, 4) is 11.9 Å². The molecule has 0 radical (unpaired) electrons. The predicted octanol–water partition coefficient (Wildman–Crippen LogP) is 2.56. The molecule has 5 nitrogen and oxygen atoms in total. The maximum atomic E-state index is 12.5. The van der Waals surface area contributed by atoms with Crippen LogP contribution in [0.3, 0.4) is 0 Å². The number of thioether (sulfide) groups is 1. The topological polar surface area (TPSA) is 85.5 Å². The second-order valence-electron chi connectivity index (χ2n) is 3.36. The number of aliphatic imine (C=N–C) groups is 1. The van der Waals surface area contributed by atoms with Gasteiger partial charge in [0.1, 0.15) is 5.75 Å². The molecule has 0 aromatic heterocycles. The van der Waals surface area contributed by atoms with Gasteiger partial charge in [-0.2, -0.15) is 18.4 Å². The van der Waals surface area contributed by atoms with Crippen LogP contribution >= 0.6 is 11.8 Å². The first-order chi connectivity index (χ1) is 9.31. The Hall–Kier alpha value is -2.21. The first-order valence-electron chi connectivity index (χ1n) is 5.02. The zero-order chi connectivity index (χ0) is 15.3. The van der Waals surface area contributed by atoms with Crippen molar-refractivity contribution in [1.29, 1.82) is 5.26 Å². The fourth-order valence-electron chi connectivity index (χ4n) is 1.28. The lowest BCUT2D eigenvalue weighted by molar-refractivity contribution is -0.0886. The summed E-state index contributed by atoms with van der Waals surface area (Å²) in [5, 5.41) is 20.1. The molecule has 0 spiro atoms. The third-order valence-electron chi connectivity index (χ3n) is 2.08. The van der Waals surface area contributed by atoms with E-state index in [4.69, 9.17) is 5.26 Å². The summed E-state index contributed by atoms with van der Waals surface area (Å²) in [6, 6.07) is 3.33. The van der Waals surface area contributed by atoms with E-state index in [0.29, 0.717) is 0 Å². The minimum atomic E-state index is -5.13. The molecule has 0 saturated heterocycles. The number of halogens is 3. The van der Waals surface area contributed by atoms with Crippen LogP contribution in [0.15, 0.2) is 23.2 Å². The highest BCUT2D eigenvalue weighted by Gasteiger charge is 2.42. The van der Waals surface area contributed by atoms with Gasteiger partial charge in [0.15, 0.2) is 11.4 Å². The molecule has 0 atom stereocenters. The Morgan fingerprint density at radius 1 is 1.50 bits per heavy atom. The molecule has 1 rings (SSSR count). The van der Waals surface area contributed by atoms with Crippen molar-refractivity contribution in [3.63, 3.8) is 0 Å². The number of nitrogens with one attached hydrogen (secondary N) is 1. The van der Waals surface area contributed by atoms with Crippen LogP contribution in [0.2, 0.25) is 0 Å². The molecular weight excluding hydrogens is 295 g/mol. The lowest BCUT2D eigenvalue weighted by Crippen LogP contribution is -2.23. The van der Waals surface area contributed by atoms with Gasteiger partial charge in [0.25, 0.3) is 5.78 Å². The molecule has 1 aromatic carbocycles. The third kappa shape index (κ3) is 3.64. The van der Waals surface area contributed by atoms with E-state index in [1.807, 2.05) is 0 Å². The van der Waals surface area contributed by atoms with Crippen molar-refractivity contribution >= 4 is 28.4 Å². The molecule has 0 saturated carbocycles. The molecule has 1 aromatic rings. The maximum Gasteiger partial charge on any atom is 0.455 e. The second-order valence-corrected chi connectivity index (χ2v) is 4.15. The summed E-state index contributed by atoms with van der Waals surface area (Å²) < 4.78 is 37.4. The van der Waals surface area contributed by atoms with Crippen molar-refractivity contribution in [2.24, 2.45) is 4.99 Å². The largest absolute Gasteiger partial charge is 0.507 e. The SMILES string of the molecule is CSC(=Nc1cccc(O)c1C(=O)C(F)(F)F)NC#N. The number of carbonyl (C=O) groups is 1. The van der Waals surface area contributed by atoms with Crippen LogP contribution in [-0.2, 0) is 0 Å². The van der Waals surface area contributed by atoms with Crippen molar-refractivity contribution in [2.45, 2.75) is 6.18 Å². The molecule has 0 aliphatic heterocycles. The lowest BCUT2D eigenvalue weighted by atomic mass is 10.1. The van der Waals surface area contributed by atoms with Crippen molar-refractivity contribution in [1.82, 2.24) is 5.32 Å². The summed E-state index contributed by atoms with van der Waals surface area (Å²) in [4.78, 5) is 15.0. The molecule has 0 aliphatic rings. The Morgan fingerprint density at radius 2 is 2.15 bits per heavy atom. The summed E-state index contributed by atoms with van der Waals surface area (Å²) in [5.74, 6) is -3.03. The highest BCUT2D eigenvalue weighted by molar-refractivity contribution is 8.13. The minimum absolute atomic E-state index is 0.00526. The number of aromatic hydroxyl groups is 1. The first-order valence-corrected chi connectivity index (χ1v) is 6.25. The Balaban J connectivity index is 3.40. The quantitative estimate of drug-likeness (QED) is 0.288. The van der Waals surface area contributed by atoms with Gasteiger partial charge in [0.05, 0.1) is 11.3 Å². The van der Waals surface area contributed by atoms with Gasteiger partial charge >= 0.3 is 6.18 Å². The number of phenols is 1. The molecule has 0 amide bonds. The average molecular weight is 303 g/mol.